The highest BCUT2D eigenvalue weighted by Crippen LogP contribution is 2.00. The zero-order chi connectivity index (χ0) is 12.8. The topological polar surface area (TPSA) is 78.7 Å². The lowest BCUT2D eigenvalue weighted by Crippen LogP contribution is -2.23. The van der Waals surface area contributed by atoms with E-state index in [4.69, 9.17) is 5.26 Å². The van der Waals surface area contributed by atoms with Crippen LogP contribution in [0, 0.1) is 11.3 Å². The van der Waals surface area contributed by atoms with E-state index in [-0.39, 0.29) is 5.91 Å². The van der Waals surface area contributed by atoms with Gasteiger partial charge in [-0.2, -0.15) is 5.26 Å². The summed E-state index contributed by atoms with van der Waals surface area (Å²) in [6.45, 7) is 0.420. The van der Waals surface area contributed by atoms with Crippen LogP contribution in [0.4, 0.5) is 0 Å². The summed E-state index contributed by atoms with van der Waals surface area (Å²) in [4.78, 5) is 19.6. The molecular weight excluding hydrogens is 228 g/mol. The number of carbonyl (C=O) groups is 1. The monoisotopic (exact) mass is 238 g/mol. The summed E-state index contributed by atoms with van der Waals surface area (Å²) < 4.78 is 0. The minimum Gasteiger partial charge on any atom is -0.347 e. The average Bonchev–Trinajstić information content (AvgIpc) is 2.46. The van der Waals surface area contributed by atoms with Crippen molar-refractivity contribution in [3.05, 3.63) is 59.7 Å². The maximum absolute atomic E-state index is 11.7. The fraction of sp³-hybridized carbons (Fsp3) is 0.0769. The predicted molar refractivity (Wildman–Crippen MR) is 64.4 cm³/mol. The SMILES string of the molecule is N#Cc1ccc(C(=O)NCc2ccncc2)nc1. The van der Waals surface area contributed by atoms with Crippen LogP contribution < -0.4 is 5.32 Å². The van der Waals surface area contributed by atoms with Crippen LogP contribution in [-0.4, -0.2) is 15.9 Å². The highest BCUT2D eigenvalue weighted by Gasteiger charge is 2.06. The van der Waals surface area contributed by atoms with Gasteiger partial charge in [-0.3, -0.25) is 9.78 Å². The molecule has 0 radical (unpaired) electrons. The predicted octanol–water partition coefficient (Wildman–Crippen LogP) is 1.28. The molecule has 0 aliphatic rings. The standard InChI is InChI=1S/C13H10N4O/c14-7-11-1-2-12(16-9-11)13(18)17-8-10-3-5-15-6-4-10/h1-6,9H,8H2,(H,17,18). The summed E-state index contributed by atoms with van der Waals surface area (Å²) in [5.41, 5.74) is 1.69. The molecule has 5 nitrogen and oxygen atoms in total. The second-order valence-corrected chi connectivity index (χ2v) is 3.58. The van der Waals surface area contributed by atoms with Gasteiger partial charge in [0.1, 0.15) is 11.8 Å². The van der Waals surface area contributed by atoms with Gasteiger partial charge in [-0.1, -0.05) is 0 Å². The van der Waals surface area contributed by atoms with Gasteiger partial charge in [0.15, 0.2) is 0 Å². The number of hydrogen-bond donors (Lipinski definition) is 1. The van der Waals surface area contributed by atoms with Crippen molar-refractivity contribution in [1.82, 2.24) is 15.3 Å². The first-order valence-corrected chi connectivity index (χ1v) is 5.33. The second-order valence-electron chi connectivity index (χ2n) is 3.58. The van der Waals surface area contributed by atoms with Gasteiger partial charge in [0.05, 0.1) is 5.56 Å². The van der Waals surface area contributed by atoms with Crippen LogP contribution in [0.25, 0.3) is 0 Å². The van der Waals surface area contributed by atoms with Crippen molar-refractivity contribution in [2.24, 2.45) is 0 Å². The number of nitrogens with one attached hydrogen (secondary N) is 1. The van der Waals surface area contributed by atoms with E-state index in [1.54, 1.807) is 18.5 Å². The Hall–Kier alpha value is -2.74. The molecule has 0 aliphatic heterocycles. The van der Waals surface area contributed by atoms with Crippen LogP contribution in [-0.2, 0) is 6.54 Å². The number of nitriles is 1. The van der Waals surface area contributed by atoms with Gasteiger partial charge in [0, 0.05) is 25.1 Å². The van der Waals surface area contributed by atoms with Crippen LogP contribution in [0.1, 0.15) is 21.6 Å². The van der Waals surface area contributed by atoms with E-state index < -0.39 is 0 Å². The Morgan fingerprint density at radius 2 is 2.06 bits per heavy atom. The lowest BCUT2D eigenvalue weighted by atomic mass is 10.2. The third kappa shape index (κ3) is 2.89. The number of carbonyl (C=O) groups excluding carboxylic acids is 1. The maximum Gasteiger partial charge on any atom is 0.270 e. The molecule has 2 aromatic heterocycles. The van der Waals surface area contributed by atoms with E-state index in [1.807, 2.05) is 18.2 Å². The second kappa shape index (κ2) is 5.55. The largest absolute Gasteiger partial charge is 0.347 e. The minimum atomic E-state index is -0.267. The molecule has 0 bridgehead atoms. The molecule has 2 aromatic rings. The summed E-state index contributed by atoms with van der Waals surface area (Å²) in [7, 11) is 0. The number of pyridine rings is 2. The van der Waals surface area contributed by atoms with E-state index in [1.165, 1.54) is 12.3 Å². The smallest absolute Gasteiger partial charge is 0.270 e. The molecule has 0 atom stereocenters. The van der Waals surface area contributed by atoms with Crippen molar-refractivity contribution in [3.63, 3.8) is 0 Å². The minimum absolute atomic E-state index is 0.267. The van der Waals surface area contributed by atoms with Crippen LogP contribution in [0.15, 0.2) is 42.9 Å². The Kier molecular flexibility index (Phi) is 3.62. The summed E-state index contributed by atoms with van der Waals surface area (Å²) >= 11 is 0. The maximum atomic E-state index is 11.7. The molecule has 0 fully saturated rings. The molecule has 1 N–H and O–H groups in total. The molecule has 1 amide bonds. The summed E-state index contributed by atoms with van der Waals surface area (Å²) in [5, 5.41) is 11.4. The van der Waals surface area contributed by atoms with Gasteiger partial charge in [0.2, 0.25) is 0 Å². The molecule has 0 aromatic carbocycles. The Morgan fingerprint density at radius 1 is 1.28 bits per heavy atom. The number of amides is 1. The zero-order valence-corrected chi connectivity index (χ0v) is 9.50. The quantitative estimate of drug-likeness (QED) is 0.873. The van der Waals surface area contributed by atoms with E-state index in [0.29, 0.717) is 17.8 Å². The van der Waals surface area contributed by atoms with Crippen molar-refractivity contribution in [2.75, 3.05) is 0 Å². The molecule has 0 unspecified atom stereocenters. The first-order valence-electron chi connectivity index (χ1n) is 5.33. The van der Waals surface area contributed by atoms with E-state index in [9.17, 15) is 4.79 Å². The third-order valence-corrected chi connectivity index (χ3v) is 2.33. The molecule has 2 heterocycles. The molecule has 0 aliphatic carbocycles. The Balaban J connectivity index is 1.98. The fourth-order valence-electron chi connectivity index (χ4n) is 1.37. The van der Waals surface area contributed by atoms with E-state index >= 15 is 0 Å². The highest BCUT2D eigenvalue weighted by atomic mass is 16.1. The van der Waals surface area contributed by atoms with E-state index in [0.717, 1.165) is 5.56 Å². The van der Waals surface area contributed by atoms with Crippen molar-refractivity contribution < 1.29 is 4.79 Å². The van der Waals surface area contributed by atoms with Crippen molar-refractivity contribution in [3.8, 4) is 6.07 Å². The lowest BCUT2D eigenvalue weighted by Gasteiger charge is -2.04. The van der Waals surface area contributed by atoms with E-state index in [2.05, 4.69) is 15.3 Å². The number of rotatable bonds is 3. The molecule has 5 heteroatoms. The van der Waals surface area contributed by atoms with Gasteiger partial charge in [-0.05, 0) is 29.8 Å². The van der Waals surface area contributed by atoms with Crippen LogP contribution in [0.5, 0.6) is 0 Å². The van der Waals surface area contributed by atoms with Crippen molar-refractivity contribution in [1.29, 1.82) is 5.26 Å². The number of aromatic nitrogens is 2. The molecule has 0 saturated carbocycles. The lowest BCUT2D eigenvalue weighted by molar-refractivity contribution is 0.0946. The van der Waals surface area contributed by atoms with Gasteiger partial charge in [-0.25, -0.2) is 4.98 Å². The van der Waals surface area contributed by atoms with Gasteiger partial charge < -0.3 is 5.32 Å². The molecular formula is C13H10N4O. The molecule has 88 valence electrons. The van der Waals surface area contributed by atoms with Crippen LogP contribution in [0.3, 0.4) is 0 Å². The third-order valence-electron chi connectivity index (χ3n) is 2.33. The summed E-state index contributed by atoms with van der Waals surface area (Å²) in [6.07, 6.45) is 4.71. The van der Waals surface area contributed by atoms with Crippen molar-refractivity contribution in [2.45, 2.75) is 6.54 Å². The first-order chi connectivity index (χ1) is 8.79. The van der Waals surface area contributed by atoms with Gasteiger partial charge in [-0.15, -0.1) is 0 Å². The Bertz CT molecular complexity index is 572. The highest BCUT2D eigenvalue weighted by molar-refractivity contribution is 5.92. The first kappa shape index (κ1) is 11.7. The Labute approximate surface area is 104 Å². The van der Waals surface area contributed by atoms with Crippen LogP contribution >= 0.6 is 0 Å². The molecule has 0 spiro atoms. The average molecular weight is 238 g/mol. The molecule has 18 heavy (non-hydrogen) atoms. The van der Waals surface area contributed by atoms with Gasteiger partial charge in [0.25, 0.3) is 5.91 Å². The van der Waals surface area contributed by atoms with Crippen molar-refractivity contribution >= 4 is 5.91 Å². The summed E-state index contributed by atoms with van der Waals surface area (Å²) in [5.74, 6) is -0.267. The summed E-state index contributed by atoms with van der Waals surface area (Å²) in [6, 6.07) is 8.69. The normalized spacial score (nSPS) is 9.50. The van der Waals surface area contributed by atoms with Crippen LogP contribution in [0.2, 0.25) is 0 Å². The fourth-order valence-corrected chi connectivity index (χ4v) is 1.37. The zero-order valence-electron chi connectivity index (χ0n) is 9.50. The number of hydrogen-bond acceptors (Lipinski definition) is 4. The molecule has 0 saturated heterocycles. The van der Waals surface area contributed by atoms with Gasteiger partial charge >= 0.3 is 0 Å². The Morgan fingerprint density at radius 3 is 2.67 bits per heavy atom. The molecule has 2 rings (SSSR count). The number of nitrogens with zero attached hydrogens (tertiary/aromatic N) is 3.